The minimum atomic E-state index is -0.840. The Labute approximate surface area is 107 Å². The Morgan fingerprint density at radius 1 is 1.05 bits per heavy atom. The Morgan fingerprint density at radius 2 is 1.79 bits per heavy atom. The third-order valence-electron chi connectivity index (χ3n) is 2.85. The molecule has 94 valence electrons. The van der Waals surface area contributed by atoms with Crippen LogP contribution in [0, 0.1) is 5.82 Å². The van der Waals surface area contributed by atoms with Gasteiger partial charge in [-0.15, -0.1) is 0 Å². The van der Waals surface area contributed by atoms with Gasteiger partial charge in [-0.05, 0) is 6.07 Å². The second-order valence-corrected chi connectivity index (χ2v) is 4.14. The van der Waals surface area contributed by atoms with Crippen LogP contribution in [0.4, 0.5) is 4.39 Å². The molecule has 1 N–H and O–H groups in total. The molecule has 0 aliphatic carbocycles. The summed E-state index contributed by atoms with van der Waals surface area (Å²) in [5, 5.41) is 9.44. The number of phenolic OH excluding ortho intramolecular Hbond substituents is 1. The highest BCUT2D eigenvalue weighted by Crippen LogP contribution is 2.26. The standard InChI is InChI=1S/C15H9FO3/c16-11-6-10-12(17)7-14(9-4-2-1-3-5-9)19-15(10)8-13(11)18/h1-8,18H. The zero-order valence-corrected chi connectivity index (χ0v) is 9.76. The first-order valence-corrected chi connectivity index (χ1v) is 5.67. The highest BCUT2D eigenvalue weighted by Gasteiger charge is 2.10. The van der Waals surface area contributed by atoms with E-state index in [2.05, 4.69) is 0 Å². The van der Waals surface area contributed by atoms with Crippen LogP contribution in [0.1, 0.15) is 0 Å². The van der Waals surface area contributed by atoms with Gasteiger partial charge in [0.05, 0.1) is 5.39 Å². The minimum Gasteiger partial charge on any atom is -0.505 e. The molecule has 0 saturated carbocycles. The highest BCUT2D eigenvalue weighted by atomic mass is 19.1. The number of rotatable bonds is 1. The van der Waals surface area contributed by atoms with Crippen molar-refractivity contribution in [1.29, 1.82) is 0 Å². The molecule has 3 nitrogen and oxygen atoms in total. The summed E-state index contributed by atoms with van der Waals surface area (Å²) in [5.74, 6) is -1.00. The Bertz CT molecular complexity index is 807. The highest BCUT2D eigenvalue weighted by molar-refractivity contribution is 5.80. The van der Waals surface area contributed by atoms with Gasteiger partial charge in [0.1, 0.15) is 11.3 Å². The first kappa shape index (κ1) is 11.5. The van der Waals surface area contributed by atoms with Crippen LogP contribution in [0.15, 0.2) is 57.7 Å². The molecule has 3 rings (SSSR count). The van der Waals surface area contributed by atoms with E-state index in [0.717, 1.165) is 17.7 Å². The average Bonchev–Trinajstić information content (AvgIpc) is 2.42. The van der Waals surface area contributed by atoms with E-state index in [9.17, 15) is 14.3 Å². The molecule has 0 bridgehead atoms. The largest absolute Gasteiger partial charge is 0.505 e. The maximum atomic E-state index is 13.2. The molecule has 2 aromatic carbocycles. The van der Waals surface area contributed by atoms with E-state index < -0.39 is 11.6 Å². The second-order valence-electron chi connectivity index (χ2n) is 4.14. The summed E-state index contributed by atoms with van der Waals surface area (Å²) in [4.78, 5) is 11.9. The van der Waals surface area contributed by atoms with Crippen molar-refractivity contribution in [2.75, 3.05) is 0 Å². The maximum Gasteiger partial charge on any atom is 0.193 e. The van der Waals surface area contributed by atoms with E-state index in [1.807, 2.05) is 18.2 Å². The lowest BCUT2D eigenvalue weighted by atomic mass is 10.1. The van der Waals surface area contributed by atoms with Gasteiger partial charge in [0.2, 0.25) is 0 Å². The van der Waals surface area contributed by atoms with Crippen LogP contribution in [-0.4, -0.2) is 5.11 Å². The predicted molar refractivity (Wildman–Crippen MR) is 69.5 cm³/mol. The topological polar surface area (TPSA) is 50.4 Å². The normalized spacial score (nSPS) is 10.8. The molecule has 0 fully saturated rings. The van der Waals surface area contributed by atoms with Crippen molar-refractivity contribution in [3.05, 3.63) is 64.6 Å². The van der Waals surface area contributed by atoms with Crippen molar-refractivity contribution in [2.45, 2.75) is 0 Å². The van der Waals surface area contributed by atoms with Crippen LogP contribution < -0.4 is 5.43 Å². The summed E-state index contributed by atoms with van der Waals surface area (Å²) in [7, 11) is 0. The second kappa shape index (κ2) is 4.24. The van der Waals surface area contributed by atoms with Crippen LogP contribution >= 0.6 is 0 Å². The molecule has 0 atom stereocenters. The van der Waals surface area contributed by atoms with E-state index in [0.29, 0.717) is 5.76 Å². The van der Waals surface area contributed by atoms with Gasteiger partial charge < -0.3 is 9.52 Å². The van der Waals surface area contributed by atoms with Crippen LogP contribution in [0.5, 0.6) is 5.75 Å². The molecule has 4 heteroatoms. The number of benzene rings is 2. The molecule has 0 amide bonds. The number of hydrogen-bond acceptors (Lipinski definition) is 3. The van der Waals surface area contributed by atoms with Gasteiger partial charge in [0, 0.05) is 17.7 Å². The first-order valence-electron chi connectivity index (χ1n) is 5.67. The monoisotopic (exact) mass is 256 g/mol. The SMILES string of the molecule is O=c1cc(-c2ccccc2)oc2cc(O)c(F)cc12. The number of phenols is 1. The number of hydrogen-bond donors (Lipinski definition) is 1. The van der Waals surface area contributed by atoms with E-state index in [4.69, 9.17) is 4.42 Å². The minimum absolute atomic E-state index is 0.106. The lowest BCUT2D eigenvalue weighted by Gasteiger charge is -2.04. The lowest BCUT2D eigenvalue weighted by Crippen LogP contribution is -2.00. The Kier molecular flexibility index (Phi) is 2.56. The van der Waals surface area contributed by atoms with Crippen LogP contribution in [0.2, 0.25) is 0 Å². The molecule has 0 unspecified atom stereocenters. The molecule has 19 heavy (non-hydrogen) atoms. The van der Waals surface area contributed by atoms with Crippen LogP contribution in [0.25, 0.3) is 22.3 Å². The smallest absolute Gasteiger partial charge is 0.193 e. The molecule has 0 spiro atoms. The fourth-order valence-electron chi connectivity index (χ4n) is 1.91. The number of halogens is 1. The van der Waals surface area contributed by atoms with Crippen LogP contribution in [0.3, 0.4) is 0 Å². The zero-order chi connectivity index (χ0) is 13.4. The fraction of sp³-hybridized carbons (Fsp3) is 0. The summed E-state index contributed by atoms with van der Waals surface area (Å²) < 4.78 is 18.8. The van der Waals surface area contributed by atoms with Crippen molar-refractivity contribution in [3.63, 3.8) is 0 Å². The summed E-state index contributed by atoms with van der Waals surface area (Å²) in [6, 6.07) is 12.5. The van der Waals surface area contributed by atoms with Crippen molar-refractivity contribution < 1.29 is 13.9 Å². The van der Waals surface area contributed by atoms with Crippen molar-refractivity contribution in [1.82, 2.24) is 0 Å². The number of fused-ring (bicyclic) bond motifs is 1. The quantitative estimate of drug-likeness (QED) is 0.726. The zero-order valence-electron chi connectivity index (χ0n) is 9.76. The van der Waals surface area contributed by atoms with Gasteiger partial charge in [0.15, 0.2) is 17.0 Å². The molecular formula is C15H9FO3. The van der Waals surface area contributed by atoms with Gasteiger partial charge in [-0.1, -0.05) is 30.3 Å². The lowest BCUT2D eigenvalue weighted by molar-refractivity contribution is 0.432. The molecule has 3 aromatic rings. The summed E-state index contributed by atoms with van der Waals surface area (Å²) in [5.41, 5.74) is 0.551. The maximum absolute atomic E-state index is 13.2. The molecule has 0 radical (unpaired) electrons. The van der Waals surface area contributed by atoms with Gasteiger partial charge in [0.25, 0.3) is 0 Å². The third kappa shape index (κ3) is 1.97. The first-order chi connectivity index (χ1) is 9.15. The van der Waals surface area contributed by atoms with E-state index in [1.165, 1.54) is 6.07 Å². The Hall–Kier alpha value is -2.62. The van der Waals surface area contributed by atoms with Gasteiger partial charge in [-0.3, -0.25) is 4.79 Å². The van der Waals surface area contributed by atoms with E-state index in [-0.39, 0.29) is 16.4 Å². The Morgan fingerprint density at radius 3 is 2.53 bits per heavy atom. The Balaban J connectivity index is 2.31. The summed E-state index contributed by atoms with van der Waals surface area (Å²) in [6.07, 6.45) is 0. The fourth-order valence-corrected chi connectivity index (χ4v) is 1.91. The molecule has 0 saturated heterocycles. The molecular weight excluding hydrogens is 247 g/mol. The molecule has 1 heterocycles. The predicted octanol–water partition coefficient (Wildman–Crippen LogP) is 3.30. The average molecular weight is 256 g/mol. The summed E-state index contributed by atoms with van der Waals surface area (Å²) in [6.45, 7) is 0. The third-order valence-corrected chi connectivity index (χ3v) is 2.85. The van der Waals surface area contributed by atoms with Crippen molar-refractivity contribution >= 4 is 11.0 Å². The van der Waals surface area contributed by atoms with Gasteiger partial charge >= 0.3 is 0 Å². The van der Waals surface area contributed by atoms with Gasteiger partial charge in [-0.2, -0.15) is 0 Å². The van der Waals surface area contributed by atoms with E-state index in [1.54, 1.807) is 12.1 Å². The molecule has 0 aliphatic rings. The van der Waals surface area contributed by atoms with Crippen molar-refractivity contribution in [2.24, 2.45) is 0 Å². The van der Waals surface area contributed by atoms with Gasteiger partial charge in [-0.25, -0.2) is 4.39 Å². The van der Waals surface area contributed by atoms with E-state index >= 15 is 0 Å². The van der Waals surface area contributed by atoms with Crippen LogP contribution in [-0.2, 0) is 0 Å². The molecule has 0 aliphatic heterocycles. The summed E-state index contributed by atoms with van der Waals surface area (Å²) >= 11 is 0. The molecule has 1 aromatic heterocycles. The number of aromatic hydroxyl groups is 1. The van der Waals surface area contributed by atoms with Crippen molar-refractivity contribution in [3.8, 4) is 17.1 Å².